The van der Waals surface area contributed by atoms with E-state index >= 15 is 0 Å². The van der Waals surface area contributed by atoms with Crippen molar-refractivity contribution >= 4 is 11.6 Å². The van der Waals surface area contributed by atoms with Gasteiger partial charge in [-0.15, -0.1) is 0 Å². The zero-order valence-corrected chi connectivity index (χ0v) is 9.53. The summed E-state index contributed by atoms with van der Waals surface area (Å²) in [5, 5.41) is 0. The quantitative estimate of drug-likeness (QED) is 0.685. The molecule has 82 valence electrons. The molecule has 0 aromatic carbocycles. The topological polar surface area (TPSA) is 43.4 Å². The number of ketones is 2. The summed E-state index contributed by atoms with van der Waals surface area (Å²) in [6.45, 7) is 7.20. The van der Waals surface area contributed by atoms with Crippen LogP contribution in [0.25, 0.3) is 0 Å². The fourth-order valence-electron chi connectivity index (χ4n) is 3.61. The van der Waals surface area contributed by atoms with Crippen LogP contribution in [0, 0.1) is 22.7 Å². The van der Waals surface area contributed by atoms with Crippen molar-refractivity contribution in [3.8, 4) is 0 Å². The zero-order chi connectivity index (χ0) is 11.2. The lowest BCUT2D eigenvalue weighted by molar-refractivity contribution is -0.124. The molecule has 0 spiro atoms. The highest BCUT2D eigenvalue weighted by atomic mass is 16.5. The Morgan fingerprint density at radius 2 is 1.27 bits per heavy atom. The Labute approximate surface area is 89.2 Å². The Balaban J connectivity index is 1.87. The fourth-order valence-corrected chi connectivity index (χ4v) is 3.61. The highest BCUT2D eigenvalue weighted by molar-refractivity contribution is 5.91. The number of rotatable bonds is 2. The summed E-state index contributed by atoms with van der Waals surface area (Å²) in [6, 6.07) is 0. The van der Waals surface area contributed by atoms with E-state index in [-0.39, 0.29) is 34.6 Å². The van der Waals surface area contributed by atoms with E-state index < -0.39 is 0 Å². The van der Waals surface area contributed by atoms with Gasteiger partial charge in [0.05, 0.1) is 23.0 Å². The minimum absolute atomic E-state index is 0.0948. The molecule has 0 bridgehead atoms. The van der Waals surface area contributed by atoms with Crippen molar-refractivity contribution in [2.24, 2.45) is 22.7 Å². The van der Waals surface area contributed by atoms with Crippen molar-refractivity contribution in [2.75, 3.05) is 0 Å². The van der Waals surface area contributed by atoms with Crippen LogP contribution in [0.15, 0.2) is 0 Å². The van der Waals surface area contributed by atoms with Gasteiger partial charge in [0.2, 0.25) is 0 Å². The molecule has 0 aromatic heterocycles. The molecule has 15 heavy (non-hydrogen) atoms. The predicted octanol–water partition coefficient (Wildman–Crippen LogP) is 1.20. The van der Waals surface area contributed by atoms with Crippen molar-refractivity contribution in [1.29, 1.82) is 0 Å². The molecular weight excluding hydrogens is 192 g/mol. The molecule has 1 heterocycles. The van der Waals surface area contributed by atoms with Crippen LogP contribution in [0.4, 0.5) is 0 Å². The Morgan fingerprint density at radius 1 is 0.933 bits per heavy atom. The van der Waals surface area contributed by atoms with Gasteiger partial charge in [0.1, 0.15) is 11.6 Å². The third-order valence-electron chi connectivity index (χ3n) is 5.20. The van der Waals surface area contributed by atoms with E-state index in [1.165, 1.54) is 0 Å². The molecule has 6 atom stereocenters. The minimum atomic E-state index is -0.297. The number of carbonyl (C=O) groups excluding carboxylic acids is 2. The highest BCUT2D eigenvalue weighted by Gasteiger charge is 2.86. The van der Waals surface area contributed by atoms with Gasteiger partial charge in [-0.05, 0) is 27.7 Å². The van der Waals surface area contributed by atoms with Crippen molar-refractivity contribution in [2.45, 2.75) is 39.9 Å². The first-order chi connectivity index (χ1) is 6.86. The summed E-state index contributed by atoms with van der Waals surface area (Å²) in [5.74, 6) is 1.00. The minimum Gasteiger partial charge on any atom is -0.372 e. The van der Waals surface area contributed by atoms with Crippen LogP contribution in [-0.2, 0) is 14.3 Å². The molecule has 1 aliphatic heterocycles. The van der Waals surface area contributed by atoms with Crippen LogP contribution < -0.4 is 0 Å². The van der Waals surface area contributed by atoms with Gasteiger partial charge in [0, 0.05) is 11.8 Å². The van der Waals surface area contributed by atoms with E-state index in [9.17, 15) is 9.59 Å². The van der Waals surface area contributed by atoms with E-state index in [1.807, 2.05) is 13.8 Å². The molecule has 0 radical (unpaired) electrons. The van der Waals surface area contributed by atoms with Gasteiger partial charge in [-0.2, -0.15) is 0 Å². The lowest BCUT2D eigenvalue weighted by Gasteiger charge is -2.10. The second-order valence-corrected chi connectivity index (χ2v) is 5.71. The standard InChI is InChI=1S/C12H16O3/c1-5(13)11(3)7-8-10(15-9(7)11)12(8,4)6(2)14/h7-10H,1-4H3/t7-,8-,9+,10+,11+,12+/m0/s1. The van der Waals surface area contributed by atoms with Crippen LogP contribution in [0.1, 0.15) is 27.7 Å². The van der Waals surface area contributed by atoms with Gasteiger partial charge in [-0.25, -0.2) is 0 Å². The summed E-state index contributed by atoms with van der Waals surface area (Å²) in [7, 11) is 0. The van der Waals surface area contributed by atoms with E-state index in [1.54, 1.807) is 13.8 Å². The number of hydrogen-bond donors (Lipinski definition) is 0. The molecule has 3 aliphatic rings. The monoisotopic (exact) mass is 208 g/mol. The van der Waals surface area contributed by atoms with Gasteiger partial charge in [-0.1, -0.05) is 0 Å². The summed E-state index contributed by atoms with van der Waals surface area (Å²) < 4.78 is 5.82. The molecule has 2 aliphatic carbocycles. The first kappa shape index (κ1) is 9.52. The van der Waals surface area contributed by atoms with E-state index in [4.69, 9.17) is 4.74 Å². The largest absolute Gasteiger partial charge is 0.372 e. The SMILES string of the molecule is CC(=O)[C@]1(C)[C@H]2[C@H]3[C@@H](O[C@H]21)[C@]3(C)C(C)=O. The second-order valence-electron chi connectivity index (χ2n) is 5.71. The third kappa shape index (κ3) is 0.759. The van der Waals surface area contributed by atoms with Gasteiger partial charge in [-0.3, -0.25) is 9.59 Å². The Kier molecular flexibility index (Phi) is 1.39. The van der Waals surface area contributed by atoms with Crippen LogP contribution in [0.3, 0.4) is 0 Å². The smallest absolute Gasteiger partial charge is 0.138 e. The van der Waals surface area contributed by atoms with Crippen LogP contribution in [0.5, 0.6) is 0 Å². The van der Waals surface area contributed by atoms with Crippen molar-refractivity contribution in [3.05, 3.63) is 0 Å². The highest BCUT2D eigenvalue weighted by Crippen LogP contribution is 2.78. The first-order valence-electron chi connectivity index (χ1n) is 5.53. The van der Waals surface area contributed by atoms with E-state index in [0.717, 1.165) is 0 Å². The fraction of sp³-hybridized carbons (Fsp3) is 0.833. The molecule has 2 saturated carbocycles. The van der Waals surface area contributed by atoms with E-state index in [2.05, 4.69) is 0 Å². The summed E-state index contributed by atoms with van der Waals surface area (Å²) in [6.07, 6.45) is 0.190. The third-order valence-corrected chi connectivity index (χ3v) is 5.20. The number of hydrogen-bond acceptors (Lipinski definition) is 3. The number of carbonyl (C=O) groups is 2. The normalized spacial score (nSPS) is 59.5. The lowest BCUT2D eigenvalue weighted by Crippen LogP contribution is -2.19. The molecule has 0 unspecified atom stereocenters. The molecule has 0 aromatic rings. The van der Waals surface area contributed by atoms with Crippen LogP contribution in [-0.4, -0.2) is 23.8 Å². The average Bonchev–Trinajstić information content (AvgIpc) is 2.86. The summed E-state index contributed by atoms with van der Waals surface area (Å²) in [5.41, 5.74) is -0.594. The van der Waals surface area contributed by atoms with Gasteiger partial charge >= 0.3 is 0 Å². The molecule has 0 amide bonds. The maximum Gasteiger partial charge on any atom is 0.138 e. The lowest BCUT2D eigenvalue weighted by atomic mass is 9.94. The molecule has 3 heteroatoms. The molecule has 3 nitrogen and oxygen atoms in total. The van der Waals surface area contributed by atoms with Crippen molar-refractivity contribution < 1.29 is 14.3 Å². The average molecular weight is 208 g/mol. The van der Waals surface area contributed by atoms with Crippen LogP contribution in [0.2, 0.25) is 0 Å². The van der Waals surface area contributed by atoms with Gasteiger partial charge in [0.25, 0.3) is 0 Å². The van der Waals surface area contributed by atoms with E-state index in [0.29, 0.717) is 11.8 Å². The number of fused-ring (bicyclic) bond motifs is 3. The first-order valence-corrected chi connectivity index (χ1v) is 5.53. The predicted molar refractivity (Wildman–Crippen MR) is 53.2 cm³/mol. The summed E-state index contributed by atoms with van der Waals surface area (Å²) >= 11 is 0. The van der Waals surface area contributed by atoms with Crippen molar-refractivity contribution in [1.82, 2.24) is 0 Å². The Hall–Kier alpha value is -0.700. The second kappa shape index (κ2) is 2.19. The zero-order valence-electron chi connectivity index (χ0n) is 9.53. The number of ether oxygens (including phenoxy) is 1. The molecule has 1 saturated heterocycles. The van der Waals surface area contributed by atoms with Gasteiger partial charge in [0.15, 0.2) is 0 Å². The Morgan fingerprint density at radius 3 is 1.53 bits per heavy atom. The number of Topliss-reactive ketones (excluding diaryl/α,β-unsaturated/α-hetero) is 2. The van der Waals surface area contributed by atoms with Crippen molar-refractivity contribution in [3.63, 3.8) is 0 Å². The van der Waals surface area contributed by atoms with Gasteiger partial charge < -0.3 is 4.74 Å². The molecule has 3 rings (SSSR count). The Bertz CT molecular complexity index is 352. The maximum atomic E-state index is 11.5. The molecular formula is C12H16O3. The van der Waals surface area contributed by atoms with Crippen LogP contribution >= 0.6 is 0 Å². The molecule has 3 fully saturated rings. The molecule has 0 N–H and O–H groups in total. The summed E-state index contributed by atoms with van der Waals surface area (Å²) in [4.78, 5) is 23.0. The maximum absolute atomic E-state index is 11.5.